The van der Waals surface area contributed by atoms with Crippen molar-refractivity contribution in [3.8, 4) is 0 Å². The van der Waals surface area contributed by atoms with Gasteiger partial charge in [-0.2, -0.15) is 0 Å². The molecule has 0 N–H and O–H groups in total. The van der Waals surface area contributed by atoms with Crippen LogP contribution in [0.1, 0.15) is 46.0 Å². The molecule has 1 saturated carbocycles. The first-order valence-electron chi connectivity index (χ1n) is 6.72. The summed E-state index contributed by atoms with van der Waals surface area (Å²) in [6.07, 6.45) is 6.64. The number of ether oxygens (including phenoxy) is 1. The fourth-order valence-electron chi connectivity index (χ4n) is 2.86. The zero-order valence-corrected chi connectivity index (χ0v) is 10.4. The topological polar surface area (TPSA) is 32.8 Å². The van der Waals surface area contributed by atoms with Crippen LogP contribution in [-0.2, 0) is 9.53 Å². The highest BCUT2D eigenvalue weighted by Crippen LogP contribution is 2.39. The lowest BCUT2D eigenvalue weighted by Crippen LogP contribution is -2.35. The maximum absolute atomic E-state index is 12.0. The van der Waals surface area contributed by atoms with Crippen LogP contribution in [0.2, 0.25) is 0 Å². The molecule has 16 heavy (non-hydrogen) atoms. The molecule has 1 heterocycles. The van der Waals surface area contributed by atoms with Crippen molar-refractivity contribution in [2.45, 2.75) is 58.2 Å². The summed E-state index contributed by atoms with van der Waals surface area (Å²) in [6.45, 7) is 5.65. The number of hydrogen-bond donors (Lipinski definition) is 0. The number of hydrogen-bond acceptors (Lipinski definition) is 2. The Morgan fingerprint density at radius 2 is 1.81 bits per heavy atom. The third-order valence-electron chi connectivity index (χ3n) is 3.96. The van der Waals surface area contributed by atoms with Crippen LogP contribution in [0.25, 0.3) is 0 Å². The van der Waals surface area contributed by atoms with Gasteiger partial charge in [0.05, 0.1) is 6.10 Å². The summed E-state index contributed by atoms with van der Waals surface area (Å²) in [6, 6.07) is 0. The van der Waals surface area contributed by atoms with E-state index in [1.54, 1.807) is 0 Å². The summed E-state index contributed by atoms with van der Waals surface area (Å²) in [5.74, 6) is 0.860. The molecular formula is C13H23NO2. The summed E-state index contributed by atoms with van der Waals surface area (Å²) in [4.78, 5) is 13.9. The SMILES string of the molecule is CCN(CC)C(=O)[C@@H]1O[C@H]1C1CCCCC1. The Kier molecular flexibility index (Phi) is 3.85. The van der Waals surface area contributed by atoms with Crippen LogP contribution in [0.15, 0.2) is 0 Å². The van der Waals surface area contributed by atoms with Gasteiger partial charge in [-0.3, -0.25) is 4.79 Å². The molecule has 1 aliphatic heterocycles. The number of likely N-dealkylation sites (N-methyl/N-ethyl adjacent to an activating group) is 1. The first-order valence-corrected chi connectivity index (χ1v) is 6.72. The van der Waals surface area contributed by atoms with Gasteiger partial charge < -0.3 is 9.64 Å². The van der Waals surface area contributed by atoms with Gasteiger partial charge in [-0.25, -0.2) is 0 Å². The smallest absolute Gasteiger partial charge is 0.254 e. The molecule has 0 aromatic carbocycles. The van der Waals surface area contributed by atoms with E-state index in [0.717, 1.165) is 13.1 Å². The Hall–Kier alpha value is -0.570. The van der Waals surface area contributed by atoms with Gasteiger partial charge in [-0.1, -0.05) is 19.3 Å². The minimum Gasteiger partial charge on any atom is -0.359 e. The number of amides is 1. The highest BCUT2D eigenvalue weighted by Gasteiger charge is 2.50. The normalized spacial score (nSPS) is 30.1. The van der Waals surface area contributed by atoms with Crippen molar-refractivity contribution in [2.24, 2.45) is 5.92 Å². The molecule has 2 rings (SSSR count). The quantitative estimate of drug-likeness (QED) is 0.687. The van der Waals surface area contributed by atoms with Crippen LogP contribution >= 0.6 is 0 Å². The molecule has 1 aliphatic carbocycles. The molecule has 1 saturated heterocycles. The van der Waals surface area contributed by atoms with Gasteiger partial charge in [0.2, 0.25) is 0 Å². The average molecular weight is 225 g/mol. The highest BCUT2D eigenvalue weighted by molar-refractivity contribution is 5.83. The second-order valence-corrected chi connectivity index (χ2v) is 4.93. The largest absolute Gasteiger partial charge is 0.359 e. The first-order chi connectivity index (χ1) is 7.77. The van der Waals surface area contributed by atoms with Crippen LogP contribution < -0.4 is 0 Å². The van der Waals surface area contributed by atoms with Gasteiger partial charge >= 0.3 is 0 Å². The van der Waals surface area contributed by atoms with Gasteiger partial charge in [0.25, 0.3) is 5.91 Å². The Morgan fingerprint density at radius 3 is 2.38 bits per heavy atom. The summed E-state index contributed by atoms with van der Waals surface area (Å²) in [5.41, 5.74) is 0. The molecule has 0 bridgehead atoms. The average Bonchev–Trinajstić information content (AvgIpc) is 3.11. The Labute approximate surface area is 98.1 Å². The molecule has 3 nitrogen and oxygen atoms in total. The molecular weight excluding hydrogens is 202 g/mol. The highest BCUT2D eigenvalue weighted by atomic mass is 16.6. The minimum atomic E-state index is -0.108. The zero-order chi connectivity index (χ0) is 11.5. The number of epoxide rings is 1. The number of carbonyl (C=O) groups is 1. The summed E-state index contributed by atoms with van der Waals surface area (Å²) in [5, 5.41) is 0. The van der Waals surface area contributed by atoms with Crippen molar-refractivity contribution in [3.05, 3.63) is 0 Å². The molecule has 2 fully saturated rings. The number of nitrogens with zero attached hydrogens (tertiary/aromatic N) is 1. The van der Waals surface area contributed by atoms with Gasteiger partial charge in [0.1, 0.15) is 0 Å². The van der Waals surface area contributed by atoms with E-state index in [1.165, 1.54) is 32.1 Å². The molecule has 0 aromatic rings. The Bertz CT molecular complexity index is 244. The lowest BCUT2D eigenvalue weighted by molar-refractivity contribution is -0.132. The first kappa shape index (κ1) is 11.9. The molecule has 92 valence electrons. The second-order valence-electron chi connectivity index (χ2n) is 4.93. The lowest BCUT2D eigenvalue weighted by atomic mass is 9.86. The van der Waals surface area contributed by atoms with Crippen molar-refractivity contribution in [2.75, 3.05) is 13.1 Å². The minimum absolute atomic E-state index is 0.108. The van der Waals surface area contributed by atoms with Gasteiger partial charge in [0.15, 0.2) is 6.10 Å². The standard InChI is InChI=1S/C13H23NO2/c1-3-14(4-2)13(15)12-11(16-12)10-8-6-5-7-9-10/h10-12H,3-9H2,1-2H3/t11-,12+/m0/s1. The maximum Gasteiger partial charge on any atom is 0.254 e. The fourth-order valence-corrected chi connectivity index (χ4v) is 2.86. The molecule has 0 radical (unpaired) electrons. The van der Waals surface area contributed by atoms with Crippen molar-refractivity contribution in [3.63, 3.8) is 0 Å². The molecule has 0 spiro atoms. The van der Waals surface area contributed by atoms with Gasteiger partial charge in [0, 0.05) is 13.1 Å². The van der Waals surface area contributed by atoms with E-state index in [0.29, 0.717) is 5.92 Å². The van der Waals surface area contributed by atoms with Crippen LogP contribution in [-0.4, -0.2) is 36.1 Å². The predicted molar refractivity (Wildman–Crippen MR) is 63.2 cm³/mol. The third-order valence-corrected chi connectivity index (χ3v) is 3.96. The summed E-state index contributed by atoms with van der Waals surface area (Å²) >= 11 is 0. The Morgan fingerprint density at radius 1 is 1.19 bits per heavy atom. The molecule has 2 aliphatic rings. The van der Waals surface area contributed by atoms with Gasteiger partial charge in [-0.15, -0.1) is 0 Å². The lowest BCUT2D eigenvalue weighted by Gasteiger charge is -2.20. The van der Waals surface area contributed by atoms with E-state index in [4.69, 9.17) is 4.74 Å². The van der Waals surface area contributed by atoms with E-state index in [-0.39, 0.29) is 18.1 Å². The van der Waals surface area contributed by atoms with Crippen LogP contribution in [0, 0.1) is 5.92 Å². The molecule has 1 amide bonds. The van der Waals surface area contributed by atoms with Crippen molar-refractivity contribution in [1.29, 1.82) is 0 Å². The van der Waals surface area contributed by atoms with Crippen molar-refractivity contribution < 1.29 is 9.53 Å². The molecule has 0 unspecified atom stereocenters. The molecule has 2 atom stereocenters. The van der Waals surface area contributed by atoms with Crippen molar-refractivity contribution >= 4 is 5.91 Å². The maximum atomic E-state index is 12.0. The predicted octanol–water partition coefficient (Wildman–Crippen LogP) is 2.20. The van der Waals surface area contributed by atoms with Crippen LogP contribution in [0.5, 0.6) is 0 Å². The fraction of sp³-hybridized carbons (Fsp3) is 0.923. The summed E-state index contributed by atoms with van der Waals surface area (Å²) in [7, 11) is 0. The summed E-state index contributed by atoms with van der Waals surface area (Å²) < 4.78 is 5.61. The Balaban J connectivity index is 1.83. The van der Waals surface area contributed by atoms with Crippen LogP contribution in [0.3, 0.4) is 0 Å². The van der Waals surface area contributed by atoms with E-state index < -0.39 is 0 Å². The van der Waals surface area contributed by atoms with Crippen molar-refractivity contribution in [1.82, 2.24) is 4.90 Å². The van der Waals surface area contributed by atoms with Gasteiger partial charge in [-0.05, 0) is 32.6 Å². The molecule has 0 aromatic heterocycles. The van der Waals surface area contributed by atoms with Crippen LogP contribution in [0.4, 0.5) is 0 Å². The third kappa shape index (κ3) is 2.40. The molecule has 3 heteroatoms. The zero-order valence-electron chi connectivity index (χ0n) is 10.4. The number of carbonyl (C=O) groups excluding carboxylic acids is 1. The van der Waals surface area contributed by atoms with E-state index >= 15 is 0 Å². The van der Waals surface area contributed by atoms with E-state index in [9.17, 15) is 4.79 Å². The van der Waals surface area contributed by atoms with E-state index in [1.807, 2.05) is 18.7 Å². The monoisotopic (exact) mass is 225 g/mol. The number of rotatable bonds is 4. The second kappa shape index (κ2) is 5.17. The van der Waals surface area contributed by atoms with E-state index in [2.05, 4.69) is 0 Å².